The van der Waals surface area contributed by atoms with Gasteiger partial charge in [0.2, 0.25) is 11.8 Å². The maximum atomic E-state index is 12.5. The molecular formula is C36H72N2O8S6. The average Bonchev–Trinajstić information content (AvgIpc) is 3.12. The molecule has 52 heavy (non-hydrogen) atoms. The lowest BCUT2D eigenvalue weighted by Gasteiger charge is -2.20. The Labute approximate surface area is 340 Å². The van der Waals surface area contributed by atoms with Crippen LogP contribution in [0.2, 0.25) is 0 Å². The number of amides is 2. The summed E-state index contributed by atoms with van der Waals surface area (Å²) in [5, 5.41) is 29.4. The third kappa shape index (κ3) is 53.8. The van der Waals surface area contributed by atoms with Crippen LogP contribution in [0, 0.1) is 5.92 Å². The summed E-state index contributed by atoms with van der Waals surface area (Å²) in [7, 11) is 10.6. The van der Waals surface area contributed by atoms with Crippen LogP contribution >= 0.6 is 64.8 Å². The highest BCUT2D eigenvalue weighted by molar-refractivity contribution is 8.76. The van der Waals surface area contributed by atoms with Crippen LogP contribution in [0.3, 0.4) is 0 Å². The standard InChI is InChI=1S/C30H54N2O8.3C2H6S2/c1-25(30(39)40)18-16-17-22-31-26(33)21-23-32(24-29(37)38)27(34)19-14-12-10-8-6-4-2-3-5-7-9-11-13-15-20-28(35)36;3*1-3-4-2/h25H,2-24H2,1H3,(H,31,33)(H,35,36)(H,37,38)(H,39,40);3*1-2H3/t25-;;;/m0.../s1. The second-order valence-electron chi connectivity index (χ2n) is 11.9. The van der Waals surface area contributed by atoms with Gasteiger partial charge >= 0.3 is 17.9 Å². The first-order valence-electron chi connectivity index (χ1n) is 18.3. The number of hydrogen-bond acceptors (Lipinski definition) is 11. The molecule has 0 aromatic heterocycles. The van der Waals surface area contributed by atoms with Crippen molar-refractivity contribution < 1.29 is 39.3 Å². The van der Waals surface area contributed by atoms with Crippen molar-refractivity contribution in [3.63, 3.8) is 0 Å². The van der Waals surface area contributed by atoms with E-state index in [-0.39, 0.29) is 37.6 Å². The van der Waals surface area contributed by atoms with E-state index < -0.39 is 30.4 Å². The van der Waals surface area contributed by atoms with E-state index >= 15 is 0 Å². The van der Waals surface area contributed by atoms with E-state index in [1.54, 1.807) is 71.7 Å². The highest BCUT2D eigenvalue weighted by Crippen LogP contribution is 2.15. The minimum absolute atomic E-state index is 0.0390. The molecule has 0 unspecified atom stereocenters. The monoisotopic (exact) mass is 852 g/mol. The average molecular weight is 853 g/mol. The summed E-state index contributed by atoms with van der Waals surface area (Å²) in [5.74, 6) is -3.53. The summed E-state index contributed by atoms with van der Waals surface area (Å²) in [6, 6.07) is 0. The van der Waals surface area contributed by atoms with Crippen LogP contribution in [0.1, 0.15) is 135 Å². The largest absolute Gasteiger partial charge is 0.481 e. The zero-order chi connectivity index (χ0) is 40.3. The van der Waals surface area contributed by atoms with Crippen LogP contribution in [0.5, 0.6) is 0 Å². The molecule has 0 spiro atoms. The van der Waals surface area contributed by atoms with Crippen molar-refractivity contribution in [1.82, 2.24) is 10.2 Å². The SMILES string of the molecule is CSSC.CSSC.CSSC.C[C@@H](CCCCNC(=O)CCN(CC(=O)O)C(=O)CCCCCCCCCCCCCCCCC(=O)O)C(=O)O. The molecule has 10 nitrogen and oxygen atoms in total. The first-order valence-corrected chi connectivity index (χ1v) is 27.2. The molecule has 1 atom stereocenters. The van der Waals surface area contributed by atoms with Crippen LogP contribution in [0.15, 0.2) is 0 Å². The predicted molar refractivity (Wildman–Crippen MR) is 235 cm³/mol. The molecule has 16 heteroatoms. The minimum Gasteiger partial charge on any atom is -0.481 e. The molecule has 4 N–H and O–H groups in total. The number of nitrogens with one attached hydrogen (secondary N) is 1. The summed E-state index contributed by atoms with van der Waals surface area (Å²) in [4.78, 5) is 58.3. The van der Waals surface area contributed by atoms with Crippen LogP contribution in [-0.4, -0.2) is 107 Å². The van der Waals surface area contributed by atoms with Gasteiger partial charge in [-0.05, 0) is 63.2 Å². The Bertz CT molecular complexity index is 831. The lowest BCUT2D eigenvalue weighted by molar-refractivity contribution is -0.145. The van der Waals surface area contributed by atoms with Crippen LogP contribution < -0.4 is 5.32 Å². The Balaban J connectivity index is -0.000000825. The van der Waals surface area contributed by atoms with Gasteiger partial charge in [-0.2, -0.15) is 0 Å². The van der Waals surface area contributed by atoms with Crippen molar-refractivity contribution in [3.05, 3.63) is 0 Å². The Morgan fingerprint density at radius 2 is 0.904 bits per heavy atom. The fourth-order valence-electron chi connectivity index (χ4n) is 4.54. The summed E-state index contributed by atoms with van der Waals surface area (Å²) in [5.41, 5.74) is 0. The van der Waals surface area contributed by atoms with E-state index in [0.29, 0.717) is 32.2 Å². The van der Waals surface area contributed by atoms with Gasteiger partial charge in [-0.25, -0.2) is 0 Å². The fourth-order valence-corrected chi connectivity index (χ4v) is 4.54. The maximum absolute atomic E-state index is 12.5. The number of carbonyl (C=O) groups is 5. The molecule has 0 aliphatic heterocycles. The number of carbonyl (C=O) groups excluding carboxylic acids is 2. The van der Waals surface area contributed by atoms with E-state index in [4.69, 9.17) is 15.3 Å². The molecule has 0 aromatic rings. The Morgan fingerprint density at radius 3 is 1.25 bits per heavy atom. The second kappa shape index (κ2) is 48.5. The molecule has 0 bridgehead atoms. The van der Waals surface area contributed by atoms with Crippen molar-refractivity contribution >= 4 is 94.5 Å². The van der Waals surface area contributed by atoms with Gasteiger partial charge in [-0.1, -0.05) is 155 Å². The lowest BCUT2D eigenvalue weighted by atomic mass is 10.0. The van der Waals surface area contributed by atoms with E-state index in [1.807, 2.05) is 0 Å². The van der Waals surface area contributed by atoms with Crippen molar-refractivity contribution in [2.75, 3.05) is 57.2 Å². The Morgan fingerprint density at radius 1 is 0.519 bits per heavy atom. The highest BCUT2D eigenvalue weighted by Gasteiger charge is 2.17. The van der Waals surface area contributed by atoms with Crippen molar-refractivity contribution in [3.8, 4) is 0 Å². The van der Waals surface area contributed by atoms with Gasteiger partial charge in [0.15, 0.2) is 0 Å². The van der Waals surface area contributed by atoms with E-state index in [0.717, 1.165) is 38.5 Å². The van der Waals surface area contributed by atoms with E-state index in [9.17, 15) is 24.0 Å². The molecule has 0 heterocycles. The minimum atomic E-state index is -1.10. The number of nitrogens with zero attached hydrogens (tertiary/aromatic N) is 1. The third-order valence-corrected chi connectivity index (χ3v) is 11.6. The molecule has 0 aliphatic rings. The Kier molecular flexibility index (Phi) is 54.2. The number of unbranched alkanes of at least 4 members (excludes halogenated alkanes) is 14. The van der Waals surface area contributed by atoms with Crippen molar-refractivity contribution in [2.45, 2.75) is 135 Å². The van der Waals surface area contributed by atoms with Gasteiger partial charge in [0.1, 0.15) is 6.54 Å². The van der Waals surface area contributed by atoms with Crippen molar-refractivity contribution in [1.29, 1.82) is 0 Å². The number of carboxylic acids is 3. The molecule has 0 radical (unpaired) electrons. The van der Waals surface area contributed by atoms with Crippen LogP contribution in [-0.2, 0) is 24.0 Å². The molecule has 0 aliphatic carbocycles. The zero-order valence-corrected chi connectivity index (χ0v) is 38.0. The predicted octanol–water partition coefficient (Wildman–Crippen LogP) is 10.5. The summed E-state index contributed by atoms with van der Waals surface area (Å²) < 4.78 is 0. The summed E-state index contributed by atoms with van der Waals surface area (Å²) in [6.07, 6.45) is 30.1. The molecule has 0 fully saturated rings. The van der Waals surface area contributed by atoms with E-state index in [1.165, 1.54) is 49.8 Å². The fraction of sp³-hybridized carbons (Fsp3) is 0.861. The first-order chi connectivity index (χ1) is 24.9. The van der Waals surface area contributed by atoms with Gasteiger partial charge in [-0.3, -0.25) is 24.0 Å². The van der Waals surface area contributed by atoms with Gasteiger partial charge in [0.05, 0.1) is 5.92 Å². The molecule has 0 saturated carbocycles. The second-order valence-corrected chi connectivity index (χ2v) is 19.9. The molecule has 310 valence electrons. The van der Waals surface area contributed by atoms with Gasteiger partial charge in [0.25, 0.3) is 0 Å². The van der Waals surface area contributed by atoms with Crippen molar-refractivity contribution in [2.24, 2.45) is 5.92 Å². The smallest absolute Gasteiger partial charge is 0.323 e. The van der Waals surface area contributed by atoms with Crippen LogP contribution in [0.4, 0.5) is 0 Å². The third-order valence-electron chi connectivity index (χ3n) is 7.63. The molecular weight excluding hydrogens is 781 g/mol. The summed E-state index contributed by atoms with van der Waals surface area (Å²) in [6.45, 7) is 1.73. The highest BCUT2D eigenvalue weighted by atomic mass is 33.1. The van der Waals surface area contributed by atoms with Gasteiger partial charge in [-0.15, -0.1) is 0 Å². The van der Waals surface area contributed by atoms with E-state index in [2.05, 4.69) is 42.9 Å². The molecule has 2 amide bonds. The molecule has 0 aromatic carbocycles. The molecule has 0 saturated heterocycles. The lowest BCUT2D eigenvalue weighted by Crippen LogP contribution is -2.38. The number of aliphatic carboxylic acids is 3. The quantitative estimate of drug-likeness (QED) is 0.0385. The van der Waals surface area contributed by atoms with Crippen LogP contribution in [0.25, 0.3) is 0 Å². The zero-order valence-electron chi connectivity index (χ0n) is 33.1. The topological polar surface area (TPSA) is 161 Å². The number of rotatable bonds is 31. The first kappa shape index (κ1) is 58.2. The molecule has 0 rings (SSSR count). The maximum Gasteiger partial charge on any atom is 0.323 e. The van der Waals surface area contributed by atoms with Gasteiger partial charge < -0.3 is 25.5 Å². The Hall–Kier alpha value is -0.550. The normalized spacial score (nSPS) is 10.7. The summed E-state index contributed by atoms with van der Waals surface area (Å²) >= 11 is 0. The van der Waals surface area contributed by atoms with Gasteiger partial charge in [0, 0.05) is 32.4 Å². The number of hydrogen-bond donors (Lipinski definition) is 4. The number of carboxylic acid groups (broad SMARTS) is 3.